The molecule has 0 spiro atoms. The van der Waals surface area contributed by atoms with Crippen molar-refractivity contribution in [2.45, 2.75) is 18.8 Å². The van der Waals surface area contributed by atoms with Gasteiger partial charge in [-0.25, -0.2) is 4.39 Å². The van der Waals surface area contributed by atoms with E-state index in [1.54, 1.807) is 12.1 Å². The second kappa shape index (κ2) is 7.20. The van der Waals surface area contributed by atoms with Crippen LogP contribution in [0, 0.1) is 5.82 Å². The van der Waals surface area contributed by atoms with E-state index in [2.05, 4.69) is 33.4 Å². The number of likely N-dealkylation sites (tertiary alicyclic amines) is 1. The Kier molecular flexibility index (Phi) is 4.39. The summed E-state index contributed by atoms with van der Waals surface area (Å²) in [5.74, 6) is -0.177. The Balaban J connectivity index is 1.34. The van der Waals surface area contributed by atoms with Crippen LogP contribution in [0.2, 0.25) is 0 Å². The van der Waals surface area contributed by atoms with Crippen LogP contribution in [0.5, 0.6) is 0 Å². The van der Waals surface area contributed by atoms with Crippen LogP contribution in [0.3, 0.4) is 0 Å². The first-order valence-electron chi connectivity index (χ1n) is 9.85. The smallest absolute Gasteiger partial charge is 0.253 e. The number of H-pyrrole nitrogens is 2. The Labute approximate surface area is 167 Å². The monoisotopic (exact) mass is 388 g/mol. The highest BCUT2D eigenvalue weighted by Gasteiger charge is 2.27. The molecule has 1 amide bonds. The third-order valence-electron chi connectivity index (χ3n) is 5.64. The Morgan fingerprint density at radius 3 is 2.76 bits per heavy atom. The van der Waals surface area contributed by atoms with Gasteiger partial charge in [-0.1, -0.05) is 18.2 Å². The van der Waals surface area contributed by atoms with Crippen LogP contribution in [-0.4, -0.2) is 39.1 Å². The maximum Gasteiger partial charge on any atom is 0.253 e. The van der Waals surface area contributed by atoms with Gasteiger partial charge in [0.15, 0.2) is 0 Å². The van der Waals surface area contributed by atoms with Crippen molar-refractivity contribution in [3.05, 3.63) is 77.7 Å². The molecule has 6 heteroatoms. The van der Waals surface area contributed by atoms with Crippen LogP contribution < -0.4 is 0 Å². The van der Waals surface area contributed by atoms with Crippen LogP contribution >= 0.6 is 0 Å². The minimum Gasteiger partial charge on any atom is -0.353 e. The van der Waals surface area contributed by atoms with Crippen LogP contribution in [-0.2, 0) is 0 Å². The van der Waals surface area contributed by atoms with E-state index in [0.29, 0.717) is 12.1 Å². The summed E-state index contributed by atoms with van der Waals surface area (Å²) in [5, 5.41) is 8.81. The number of aromatic amines is 2. The first-order chi connectivity index (χ1) is 14.2. The third-order valence-corrected chi connectivity index (χ3v) is 5.64. The van der Waals surface area contributed by atoms with E-state index in [4.69, 9.17) is 0 Å². The molecule has 1 saturated heterocycles. The molecule has 3 heterocycles. The molecular formula is C23H21FN4O. The van der Waals surface area contributed by atoms with Crippen molar-refractivity contribution in [3.8, 4) is 11.4 Å². The average molecular weight is 388 g/mol. The molecule has 0 unspecified atom stereocenters. The summed E-state index contributed by atoms with van der Waals surface area (Å²) in [6.07, 6.45) is 1.93. The molecule has 1 aliphatic rings. The van der Waals surface area contributed by atoms with Gasteiger partial charge in [-0.2, -0.15) is 5.10 Å². The fraction of sp³-hybridized carbons (Fsp3) is 0.217. The molecule has 1 atom stereocenters. The summed E-state index contributed by atoms with van der Waals surface area (Å²) in [5.41, 5.74) is 4.49. The summed E-state index contributed by atoms with van der Waals surface area (Å²) < 4.78 is 13.1. The minimum atomic E-state index is -0.333. The van der Waals surface area contributed by atoms with E-state index in [1.807, 2.05) is 23.1 Å². The Morgan fingerprint density at radius 1 is 1.10 bits per heavy atom. The molecule has 1 aliphatic heterocycles. The van der Waals surface area contributed by atoms with Crippen molar-refractivity contribution in [2.75, 3.05) is 13.1 Å². The SMILES string of the molecule is O=C(c1ccc(F)cc1)N1CCC[C@H](c2cc(-c3cc4ccccc4[nH]3)n[nH]2)C1. The van der Waals surface area contributed by atoms with E-state index < -0.39 is 0 Å². The normalized spacial score (nSPS) is 17.0. The fourth-order valence-electron chi connectivity index (χ4n) is 4.09. The zero-order valence-corrected chi connectivity index (χ0v) is 15.9. The summed E-state index contributed by atoms with van der Waals surface area (Å²) in [6.45, 7) is 1.35. The number of halogens is 1. The number of carbonyl (C=O) groups excluding carboxylic acids is 1. The standard InChI is InChI=1S/C23H21FN4O/c24-18-9-7-15(8-10-18)23(29)28-11-3-5-17(14-28)20-13-22(27-26-20)21-12-16-4-1-2-6-19(16)25-21/h1-2,4,6-10,12-13,17,25H,3,5,11,14H2,(H,26,27)/t17-/m0/s1. The summed E-state index contributed by atoms with van der Waals surface area (Å²) >= 11 is 0. The molecule has 2 aromatic carbocycles. The number of piperidine rings is 1. The summed E-state index contributed by atoms with van der Waals surface area (Å²) in [7, 11) is 0. The number of nitrogens with zero attached hydrogens (tertiary/aromatic N) is 2. The van der Waals surface area contributed by atoms with Gasteiger partial charge < -0.3 is 9.88 Å². The Bertz CT molecular complexity index is 1130. The number of rotatable bonds is 3. The second-order valence-corrected chi connectivity index (χ2v) is 7.58. The molecule has 4 aromatic rings. The number of benzene rings is 2. The fourth-order valence-corrected chi connectivity index (χ4v) is 4.09. The van der Waals surface area contributed by atoms with Crippen molar-refractivity contribution in [1.82, 2.24) is 20.1 Å². The molecule has 0 aliphatic carbocycles. The molecule has 2 N–H and O–H groups in total. The maximum atomic E-state index is 13.1. The number of nitrogens with one attached hydrogen (secondary N) is 2. The van der Waals surface area contributed by atoms with Crippen molar-refractivity contribution in [3.63, 3.8) is 0 Å². The van der Waals surface area contributed by atoms with E-state index in [9.17, 15) is 9.18 Å². The van der Waals surface area contributed by atoms with Crippen LogP contribution in [0.25, 0.3) is 22.3 Å². The topological polar surface area (TPSA) is 64.8 Å². The summed E-state index contributed by atoms with van der Waals surface area (Å²) in [6, 6.07) is 18.1. The first kappa shape index (κ1) is 17.7. The lowest BCUT2D eigenvalue weighted by atomic mass is 9.94. The van der Waals surface area contributed by atoms with Gasteiger partial charge in [0.2, 0.25) is 0 Å². The van der Waals surface area contributed by atoms with Crippen LogP contribution in [0.4, 0.5) is 4.39 Å². The van der Waals surface area contributed by atoms with Gasteiger partial charge in [0.25, 0.3) is 5.91 Å². The van der Waals surface area contributed by atoms with Gasteiger partial charge in [-0.15, -0.1) is 0 Å². The zero-order valence-electron chi connectivity index (χ0n) is 15.9. The van der Waals surface area contributed by atoms with Crippen molar-refractivity contribution in [1.29, 1.82) is 0 Å². The van der Waals surface area contributed by atoms with Gasteiger partial charge in [0, 0.05) is 41.2 Å². The largest absolute Gasteiger partial charge is 0.353 e. The Hall–Kier alpha value is -3.41. The van der Waals surface area contributed by atoms with E-state index in [-0.39, 0.29) is 17.6 Å². The van der Waals surface area contributed by atoms with E-state index in [0.717, 1.165) is 47.4 Å². The van der Waals surface area contributed by atoms with Crippen molar-refractivity contribution >= 4 is 16.8 Å². The quantitative estimate of drug-likeness (QED) is 0.533. The van der Waals surface area contributed by atoms with Crippen molar-refractivity contribution in [2.24, 2.45) is 0 Å². The number of aromatic nitrogens is 3. The van der Waals surface area contributed by atoms with Crippen LogP contribution in [0.15, 0.2) is 60.7 Å². The van der Waals surface area contributed by atoms with Gasteiger partial charge in [-0.05, 0) is 55.3 Å². The molecular weight excluding hydrogens is 367 g/mol. The van der Waals surface area contributed by atoms with E-state index in [1.165, 1.54) is 12.1 Å². The lowest BCUT2D eigenvalue weighted by molar-refractivity contribution is 0.0706. The predicted octanol–water partition coefficient (Wildman–Crippen LogP) is 4.72. The molecule has 0 bridgehead atoms. The highest BCUT2D eigenvalue weighted by atomic mass is 19.1. The van der Waals surface area contributed by atoms with Gasteiger partial charge in [-0.3, -0.25) is 9.89 Å². The minimum absolute atomic E-state index is 0.0509. The number of hydrogen-bond donors (Lipinski definition) is 2. The average Bonchev–Trinajstić information content (AvgIpc) is 3.41. The summed E-state index contributed by atoms with van der Waals surface area (Å²) in [4.78, 5) is 18.0. The molecule has 1 fully saturated rings. The molecule has 5 rings (SSSR count). The molecule has 0 saturated carbocycles. The lowest BCUT2D eigenvalue weighted by Gasteiger charge is -2.32. The molecule has 146 valence electrons. The number of fused-ring (bicyclic) bond motifs is 1. The number of hydrogen-bond acceptors (Lipinski definition) is 2. The Morgan fingerprint density at radius 2 is 1.93 bits per heavy atom. The lowest BCUT2D eigenvalue weighted by Crippen LogP contribution is -2.39. The first-order valence-corrected chi connectivity index (χ1v) is 9.85. The third kappa shape index (κ3) is 3.42. The number of amides is 1. The maximum absolute atomic E-state index is 13.1. The zero-order chi connectivity index (χ0) is 19.8. The van der Waals surface area contributed by atoms with Gasteiger partial charge in [0.05, 0.1) is 5.69 Å². The molecule has 0 radical (unpaired) electrons. The van der Waals surface area contributed by atoms with E-state index >= 15 is 0 Å². The van der Waals surface area contributed by atoms with Gasteiger partial charge >= 0.3 is 0 Å². The van der Waals surface area contributed by atoms with Gasteiger partial charge in [0.1, 0.15) is 11.5 Å². The molecule has 2 aromatic heterocycles. The highest BCUT2D eigenvalue weighted by Crippen LogP contribution is 2.30. The molecule has 5 nitrogen and oxygen atoms in total. The van der Waals surface area contributed by atoms with Crippen LogP contribution in [0.1, 0.15) is 34.8 Å². The highest BCUT2D eigenvalue weighted by molar-refractivity contribution is 5.94. The van der Waals surface area contributed by atoms with Crippen molar-refractivity contribution < 1.29 is 9.18 Å². The molecule has 29 heavy (non-hydrogen) atoms. The number of para-hydroxylation sites is 1. The number of carbonyl (C=O) groups is 1. The second-order valence-electron chi connectivity index (χ2n) is 7.58. The predicted molar refractivity (Wildman–Crippen MR) is 110 cm³/mol.